The van der Waals surface area contributed by atoms with Gasteiger partial charge in [-0.3, -0.25) is 4.79 Å². The zero-order valence-electron chi connectivity index (χ0n) is 13.8. The van der Waals surface area contributed by atoms with Gasteiger partial charge in [0.25, 0.3) is 0 Å². The molecule has 1 aromatic carbocycles. The van der Waals surface area contributed by atoms with Gasteiger partial charge in [0.15, 0.2) is 5.78 Å². The second-order valence-electron chi connectivity index (χ2n) is 5.63. The number of nitrogens with one attached hydrogen (secondary N) is 2. The first-order valence-corrected chi connectivity index (χ1v) is 7.63. The average Bonchev–Trinajstić information content (AvgIpc) is 2.52. The summed E-state index contributed by atoms with van der Waals surface area (Å²) in [4.78, 5) is 22.0. The van der Waals surface area contributed by atoms with Crippen molar-refractivity contribution in [1.82, 2.24) is 14.9 Å². The van der Waals surface area contributed by atoms with Crippen LogP contribution >= 0.6 is 0 Å². The summed E-state index contributed by atoms with van der Waals surface area (Å²) in [5.74, 6) is 1.51. The molecule has 0 saturated heterocycles. The van der Waals surface area contributed by atoms with Crippen molar-refractivity contribution in [1.29, 1.82) is 0 Å². The number of ketones is 1. The van der Waals surface area contributed by atoms with Crippen molar-refractivity contribution in [2.45, 2.75) is 13.3 Å². The molecule has 1 aromatic heterocycles. The number of carbonyl (C=O) groups is 1. The normalized spacial score (nSPS) is 10.6. The summed E-state index contributed by atoms with van der Waals surface area (Å²) in [7, 11) is 4.11. The highest BCUT2D eigenvalue weighted by molar-refractivity contribution is 5.95. The predicted octanol–water partition coefficient (Wildman–Crippen LogP) is 2.79. The minimum atomic E-state index is 0.0413. The van der Waals surface area contributed by atoms with Crippen molar-refractivity contribution in [3.05, 3.63) is 42.2 Å². The lowest BCUT2D eigenvalue weighted by Gasteiger charge is -2.11. The second kappa shape index (κ2) is 8.24. The van der Waals surface area contributed by atoms with E-state index in [1.165, 1.54) is 6.33 Å². The van der Waals surface area contributed by atoms with Crippen LogP contribution in [0.1, 0.15) is 23.7 Å². The first-order chi connectivity index (χ1) is 11.0. The Bertz CT molecular complexity index is 657. The molecule has 2 rings (SSSR count). The number of Topliss-reactive ketones (excluding diaryl/α,β-unsaturated/α-hetero) is 1. The van der Waals surface area contributed by atoms with Crippen LogP contribution in [-0.4, -0.2) is 47.8 Å². The van der Waals surface area contributed by atoms with Gasteiger partial charge in [-0.1, -0.05) is 12.1 Å². The predicted molar refractivity (Wildman–Crippen MR) is 93.4 cm³/mol. The number of carbonyl (C=O) groups excluding carboxylic acids is 1. The summed E-state index contributed by atoms with van der Waals surface area (Å²) in [6.07, 6.45) is 2.56. The van der Waals surface area contributed by atoms with E-state index in [1.807, 2.05) is 24.3 Å². The van der Waals surface area contributed by atoms with E-state index in [0.717, 1.165) is 31.0 Å². The van der Waals surface area contributed by atoms with Crippen LogP contribution in [0.5, 0.6) is 0 Å². The molecule has 1 heterocycles. The third-order valence-electron chi connectivity index (χ3n) is 3.30. The third-order valence-corrected chi connectivity index (χ3v) is 3.30. The molecule has 0 saturated carbocycles. The van der Waals surface area contributed by atoms with Gasteiger partial charge in [0, 0.05) is 23.9 Å². The molecule has 122 valence electrons. The van der Waals surface area contributed by atoms with Crippen molar-refractivity contribution in [2.24, 2.45) is 0 Å². The molecule has 0 aliphatic heterocycles. The van der Waals surface area contributed by atoms with Crippen LogP contribution in [0.4, 0.5) is 17.3 Å². The van der Waals surface area contributed by atoms with E-state index in [1.54, 1.807) is 13.0 Å². The van der Waals surface area contributed by atoms with E-state index in [4.69, 9.17) is 0 Å². The van der Waals surface area contributed by atoms with E-state index in [0.29, 0.717) is 11.4 Å². The Balaban J connectivity index is 1.97. The minimum absolute atomic E-state index is 0.0413. The molecule has 6 nitrogen and oxygen atoms in total. The lowest BCUT2D eigenvalue weighted by molar-refractivity contribution is 0.101. The van der Waals surface area contributed by atoms with E-state index >= 15 is 0 Å². The van der Waals surface area contributed by atoms with Crippen molar-refractivity contribution in [3.8, 4) is 0 Å². The van der Waals surface area contributed by atoms with Crippen LogP contribution in [-0.2, 0) is 0 Å². The maximum atomic E-state index is 11.4. The zero-order valence-corrected chi connectivity index (χ0v) is 13.8. The molecule has 0 bridgehead atoms. The quantitative estimate of drug-likeness (QED) is 0.577. The van der Waals surface area contributed by atoms with Gasteiger partial charge >= 0.3 is 0 Å². The molecule has 0 atom stereocenters. The maximum Gasteiger partial charge on any atom is 0.159 e. The van der Waals surface area contributed by atoms with Crippen LogP contribution in [0, 0.1) is 0 Å². The molecule has 23 heavy (non-hydrogen) atoms. The van der Waals surface area contributed by atoms with Gasteiger partial charge in [-0.25, -0.2) is 9.97 Å². The van der Waals surface area contributed by atoms with Crippen LogP contribution in [0.3, 0.4) is 0 Å². The molecular weight excluding hydrogens is 290 g/mol. The molecule has 0 radical (unpaired) electrons. The fourth-order valence-corrected chi connectivity index (χ4v) is 2.10. The van der Waals surface area contributed by atoms with Gasteiger partial charge in [0.2, 0.25) is 0 Å². The van der Waals surface area contributed by atoms with Gasteiger partial charge in [-0.15, -0.1) is 0 Å². The summed E-state index contributed by atoms with van der Waals surface area (Å²) in [6.45, 7) is 3.44. The van der Waals surface area contributed by atoms with Crippen LogP contribution < -0.4 is 10.6 Å². The van der Waals surface area contributed by atoms with Gasteiger partial charge in [0.05, 0.1) is 0 Å². The number of rotatable bonds is 8. The molecule has 0 amide bonds. The van der Waals surface area contributed by atoms with Crippen LogP contribution in [0.15, 0.2) is 36.7 Å². The summed E-state index contributed by atoms with van der Waals surface area (Å²) < 4.78 is 0. The highest BCUT2D eigenvalue weighted by Crippen LogP contribution is 2.17. The molecule has 6 heteroatoms. The number of hydrogen-bond donors (Lipinski definition) is 2. The Kier molecular flexibility index (Phi) is 6.05. The standard InChI is InChI=1S/C17H23N5O/c1-13(23)14-6-4-7-15(10-14)21-17-11-16(19-12-20-17)18-8-5-9-22(2)3/h4,6-7,10-12H,5,8-9H2,1-3H3,(H2,18,19,20,21). The highest BCUT2D eigenvalue weighted by Gasteiger charge is 2.03. The van der Waals surface area contributed by atoms with Crippen LogP contribution in [0.2, 0.25) is 0 Å². The van der Waals surface area contributed by atoms with Gasteiger partial charge in [0.1, 0.15) is 18.0 Å². The van der Waals surface area contributed by atoms with E-state index in [-0.39, 0.29) is 5.78 Å². The van der Waals surface area contributed by atoms with Gasteiger partial charge in [-0.2, -0.15) is 0 Å². The molecule has 0 fully saturated rings. The van der Waals surface area contributed by atoms with Gasteiger partial charge < -0.3 is 15.5 Å². The Labute approximate surface area is 137 Å². The topological polar surface area (TPSA) is 70.2 Å². The fraction of sp³-hybridized carbons (Fsp3) is 0.353. The summed E-state index contributed by atoms with van der Waals surface area (Å²) in [6, 6.07) is 9.22. The van der Waals surface area contributed by atoms with E-state index < -0.39 is 0 Å². The summed E-state index contributed by atoms with van der Waals surface area (Å²) in [5, 5.41) is 6.48. The maximum absolute atomic E-state index is 11.4. The fourth-order valence-electron chi connectivity index (χ4n) is 2.10. The average molecular weight is 313 g/mol. The number of hydrogen-bond acceptors (Lipinski definition) is 6. The molecule has 0 aliphatic rings. The van der Waals surface area contributed by atoms with Crippen molar-refractivity contribution < 1.29 is 4.79 Å². The molecule has 0 unspecified atom stereocenters. The van der Waals surface area contributed by atoms with Crippen LogP contribution in [0.25, 0.3) is 0 Å². The smallest absolute Gasteiger partial charge is 0.159 e. The highest BCUT2D eigenvalue weighted by atomic mass is 16.1. The molecule has 0 spiro atoms. The van der Waals surface area contributed by atoms with Crippen molar-refractivity contribution in [3.63, 3.8) is 0 Å². The second-order valence-corrected chi connectivity index (χ2v) is 5.63. The summed E-state index contributed by atoms with van der Waals surface area (Å²) in [5.41, 5.74) is 1.50. The van der Waals surface area contributed by atoms with Crippen molar-refractivity contribution >= 4 is 23.1 Å². The van der Waals surface area contributed by atoms with Crippen molar-refractivity contribution in [2.75, 3.05) is 37.8 Å². The summed E-state index contributed by atoms with van der Waals surface area (Å²) >= 11 is 0. The zero-order chi connectivity index (χ0) is 16.7. The number of benzene rings is 1. The lowest BCUT2D eigenvalue weighted by atomic mass is 10.1. The number of aromatic nitrogens is 2. The Morgan fingerprint density at radius 1 is 1.17 bits per heavy atom. The van der Waals surface area contributed by atoms with E-state index in [9.17, 15) is 4.79 Å². The molecule has 2 N–H and O–H groups in total. The lowest BCUT2D eigenvalue weighted by Crippen LogP contribution is -2.16. The van der Waals surface area contributed by atoms with E-state index in [2.05, 4.69) is 39.6 Å². The Morgan fingerprint density at radius 2 is 1.96 bits per heavy atom. The van der Waals surface area contributed by atoms with Gasteiger partial charge in [-0.05, 0) is 46.1 Å². The SMILES string of the molecule is CC(=O)c1cccc(Nc2cc(NCCCN(C)C)ncn2)c1. The first-order valence-electron chi connectivity index (χ1n) is 7.63. The minimum Gasteiger partial charge on any atom is -0.370 e. The largest absolute Gasteiger partial charge is 0.370 e. The number of anilines is 3. The monoisotopic (exact) mass is 313 g/mol. The first kappa shape index (κ1) is 16.9. The Morgan fingerprint density at radius 3 is 2.70 bits per heavy atom. The molecule has 2 aromatic rings. The third kappa shape index (κ3) is 5.67. The molecular formula is C17H23N5O. The number of nitrogens with zero attached hydrogens (tertiary/aromatic N) is 3. The molecule has 0 aliphatic carbocycles. The Hall–Kier alpha value is -2.47.